The molecule has 2 heterocycles. The molecule has 0 spiro atoms. The normalized spacial score (nSPS) is 14.3. The van der Waals surface area contributed by atoms with Gasteiger partial charge in [0, 0.05) is 30.4 Å². The van der Waals surface area contributed by atoms with E-state index >= 15 is 0 Å². The van der Waals surface area contributed by atoms with Crippen molar-refractivity contribution in [2.24, 2.45) is 5.92 Å². The molecule has 3 nitrogen and oxygen atoms in total. The third kappa shape index (κ3) is 2.72. The molecule has 3 aromatic rings. The lowest BCUT2D eigenvalue weighted by Gasteiger charge is -2.12. The fourth-order valence-electron chi connectivity index (χ4n) is 3.29. The lowest BCUT2D eigenvalue weighted by Crippen LogP contribution is -2.07. The highest BCUT2D eigenvalue weighted by molar-refractivity contribution is 5.93. The molecule has 0 amide bonds. The van der Waals surface area contributed by atoms with Gasteiger partial charge in [-0.1, -0.05) is 30.3 Å². The topological polar surface area (TPSA) is 29.9 Å². The Morgan fingerprint density at radius 1 is 1.13 bits per heavy atom. The Kier molecular flexibility index (Phi) is 3.56. The van der Waals surface area contributed by atoms with Gasteiger partial charge in [0.05, 0.1) is 5.52 Å². The van der Waals surface area contributed by atoms with Crippen molar-refractivity contribution in [3.05, 3.63) is 59.4 Å². The second-order valence-corrected chi connectivity index (χ2v) is 6.66. The number of anilines is 1. The van der Waals surface area contributed by atoms with Crippen molar-refractivity contribution in [3.8, 4) is 0 Å². The Bertz CT molecular complexity index is 829. The first-order valence-corrected chi connectivity index (χ1v) is 8.46. The van der Waals surface area contributed by atoms with Crippen molar-refractivity contribution < 1.29 is 0 Å². The Labute approximate surface area is 137 Å². The molecule has 1 fully saturated rings. The number of fused-ring (bicyclic) bond motifs is 1. The minimum atomic E-state index is 0.805. The number of aryl methyl sites for hydroxylation is 1. The second-order valence-electron chi connectivity index (χ2n) is 6.66. The third-order valence-corrected chi connectivity index (χ3v) is 4.99. The van der Waals surface area contributed by atoms with Crippen LogP contribution in [0.4, 0.5) is 5.82 Å². The number of hydrogen-bond acceptors (Lipinski definition) is 2. The summed E-state index contributed by atoms with van der Waals surface area (Å²) in [5.41, 5.74) is 5.30. The summed E-state index contributed by atoms with van der Waals surface area (Å²) in [5.74, 6) is 1.86. The van der Waals surface area contributed by atoms with Crippen LogP contribution in [-0.2, 0) is 13.1 Å². The van der Waals surface area contributed by atoms with Gasteiger partial charge in [-0.05, 0) is 49.8 Å². The molecule has 0 unspecified atom stereocenters. The van der Waals surface area contributed by atoms with Crippen molar-refractivity contribution >= 4 is 16.7 Å². The molecule has 3 heteroatoms. The zero-order valence-electron chi connectivity index (χ0n) is 13.8. The molecule has 1 N–H and O–H groups in total. The minimum Gasteiger partial charge on any atom is -0.364 e. The van der Waals surface area contributed by atoms with Crippen LogP contribution in [0.15, 0.2) is 42.6 Å². The van der Waals surface area contributed by atoms with E-state index in [1.807, 2.05) is 6.20 Å². The highest BCUT2D eigenvalue weighted by Crippen LogP contribution is 2.36. The first kappa shape index (κ1) is 14.3. The molecule has 1 aromatic carbocycles. The summed E-state index contributed by atoms with van der Waals surface area (Å²) in [6.07, 6.45) is 4.65. The highest BCUT2D eigenvalue weighted by Gasteiger charge is 2.25. The van der Waals surface area contributed by atoms with E-state index in [-0.39, 0.29) is 0 Å². The first-order valence-electron chi connectivity index (χ1n) is 8.46. The summed E-state index contributed by atoms with van der Waals surface area (Å²) in [4.78, 5) is 4.63. The van der Waals surface area contributed by atoms with Crippen LogP contribution >= 0.6 is 0 Å². The average molecular weight is 305 g/mol. The summed E-state index contributed by atoms with van der Waals surface area (Å²) >= 11 is 0. The van der Waals surface area contributed by atoms with E-state index in [9.17, 15) is 0 Å². The zero-order valence-corrected chi connectivity index (χ0v) is 13.8. The van der Waals surface area contributed by atoms with E-state index in [0.29, 0.717) is 0 Å². The van der Waals surface area contributed by atoms with Crippen molar-refractivity contribution in [2.45, 2.75) is 39.8 Å². The number of aromatic nitrogens is 2. The van der Waals surface area contributed by atoms with E-state index in [1.54, 1.807) is 0 Å². The van der Waals surface area contributed by atoms with Gasteiger partial charge in [-0.3, -0.25) is 0 Å². The van der Waals surface area contributed by atoms with Gasteiger partial charge >= 0.3 is 0 Å². The zero-order chi connectivity index (χ0) is 15.8. The van der Waals surface area contributed by atoms with Crippen molar-refractivity contribution in [2.75, 3.05) is 5.32 Å². The molecule has 0 aliphatic heterocycles. The molecule has 0 radical (unpaired) electrons. The molecular formula is C20H23N3. The average Bonchev–Trinajstić information content (AvgIpc) is 3.37. The van der Waals surface area contributed by atoms with Crippen LogP contribution in [0.25, 0.3) is 10.9 Å². The Hall–Kier alpha value is -2.29. The van der Waals surface area contributed by atoms with Gasteiger partial charge in [-0.15, -0.1) is 0 Å². The molecule has 23 heavy (non-hydrogen) atoms. The van der Waals surface area contributed by atoms with Crippen molar-refractivity contribution in [1.82, 2.24) is 9.55 Å². The minimum absolute atomic E-state index is 0.805. The fourth-order valence-corrected chi connectivity index (χ4v) is 3.29. The van der Waals surface area contributed by atoms with E-state index in [1.165, 1.54) is 40.6 Å². The number of hydrogen-bond donors (Lipinski definition) is 1. The molecule has 4 rings (SSSR count). The largest absolute Gasteiger partial charge is 0.364 e. The number of benzene rings is 1. The van der Waals surface area contributed by atoms with E-state index in [4.69, 9.17) is 0 Å². The van der Waals surface area contributed by atoms with Crippen molar-refractivity contribution in [3.63, 3.8) is 0 Å². The summed E-state index contributed by atoms with van der Waals surface area (Å²) in [6, 6.07) is 12.6. The van der Waals surface area contributed by atoms with Gasteiger partial charge in [0.15, 0.2) is 5.82 Å². The maximum atomic E-state index is 4.63. The monoisotopic (exact) mass is 305 g/mol. The van der Waals surface area contributed by atoms with Crippen LogP contribution in [0.2, 0.25) is 0 Å². The van der Waals surface area contributed by atoms with E-state index in [2.05, 4.69) is 65.1 Å². The summed E-state index contributed by atoms with van der Waals surface area (Å²) in [5, 5.41) is 4.87. The lowest BCUT2D eigenvalue weighted by molar-refractivity contribution is 0.631. The van der Waals surface area contributed by atoms with E-state index < -0.39 is 0 Å². The van der Waals surface area contributed by atoms with Crippen LogP contribution < -0.4 is 5.32 Å². The summed E-state index contributed by atoms with van der Waals surface area (Å²) < 4.78 is 2.47. The molecule has 0 bridgehead atoms. The molecule has 0 saturated heterocycles. The fraction of sp³-hybridized carbons (Fsp3) is 0.350. The molecule has 118 valence electrons. The third-order valence-electron chi connectivity index (χ3n) is 4.99. The Morgan fingerprint density at radius 3 is 2.65 bits per heavy atom. The number of nitrogens with one attached hydrogen (secondary N) is 1. The molecule has 1 aliphatic rings. The SMILES string of the molecule is Cc1c(C)n(CC2CC2)c2c(NCc3ccccc3)nccc12. The van der Waals surface area contributed by atoms with Gasteiger partial charge in [0.1, 0.15) is 0 Å². The summed E-state index contributed by atoms with van der Waals surface area (Å²) in [7, 11) is 0. The van der Waals surface area contributed by atoms with Crippen molar-refractivity contribution in [1.29, 1.82) is 0 Å². The summed E-state index contributed by atoms with van der Waals surface area (Å²) in [6.45, 7) is 6.39. The number of nitrogens with zero attached hydrogens (tertiary/aromatic N) is 2. The maximum Gasteiger partial charge on any atom is 0.150 e. The van der Waals surface area contributed by atoms with Crippen LogP contribution in [0.3, 0.4) is 0 Å². The predicted molar refractivity (Wildman–Crippen MR) is 95.7 cm³/mol. The molecular weight excluding hydrogens is 282 g/mol. The first-order chi connectivity index (χ1) is 11.2. The smallest absolute Gasteiger partial charge is 0.150 e. The second kappa shape index (κ2) is 5.73. The van der Waals surface area contributed by atoms with Gasteiger partial charge < -0.3 is 9.88 Å². The standard InChI is InChI=1S/C20H23N3/c1-14-15(2)23(13-17-8-9-17)19-18(14)10-11-21-20(19)22-12-16-6-4-3-5-7-16/h3-7,10-11,17H,8-9,12-13H2,1-2H3,(H,21,22). The van der Waals surface area contributed by atoms with Crippen LogP contribution in [-0.4, -0.2) is 9.55 Å². The highest BCUT2D eigenvalue weighted by atomic mass is 15.1. The van der Waals surface area contributed by atoms with E-state index in [0.717, 1.165) is 24.8 Å². The van der Waals surface area contributed by atoms with Gasteiger partial charge in [0.2, 0.25) is 0 Å². The van der Waals surface area contributed by atoms with Crippen LogP contribution in [0.5, 0.6) is 0 Å². The van der Waals surface area contributed by atoms with Gasteiger partial charge in [-0.2, -0.15) is 0 Å². The molecule has 1 aliphatic carbocycles. The Morgan fingerprint density at radius 2 is 1.91 bits per heavy atom. The molecule has 1 saturated carbocycles. The van der Waals surface area contributed by atoms with Gasteiger partial charge in [-0.25, -0.2) is 4.98 Å². The number of rotatable bonds is 5. The molecule has 0 atom stereocenters. The predicted octanol–water partition coefficient (Wildman–Crippen LogP) is 4.68. The molecule has 2 aromatic heterocycles. The lowest BCUT2D eigenvalue weighted by atomic mass is 10.2. The Balaban J connectivity index is 1.72. The maximum absolute atomic E-state index is 4.63. The number of pyridine rings is 1. The van der Waals surface area contributed by atoms with Crippen LogP contribution in [0.1, 0.15) is 29.7 Å². The quantitative estimate of drug-likeness (QED) is 0.742. The van der Waals surface area contributed by atoms with Gasteiger partial charge in [0.25, 0.3) is 0 Å². The van der Waals surface area contributed by atoms with Crippen LogP contribution in [0, 0.1) is 19.8 Å².